The van der Waals surface area contributed by atoms with Crippen molar-refractivity contribution in [3.8, 4) is 5.75 Å². The van der Waals surface area contributed by atoms with Gasteiger partial charge in [0.1, 0.15) is 11.2 Å². The molecular formula is C16H18N4O4. The van der Waals surface area contributed by atoms with E-state index in [0.29, 0.717) is 11.0 Å². The molecule has 126 valence electrons. The number of carbonyl (C=O) groups excluding carboxylic acids is 1. The third kappa shape index (κ3) is 2.40. The number of carboxylic acid groups (broad SMARTS) is 1. The van der Waals surface area contributed by atoms with E-state index in [4.69, 9.17) is 9.84 Å². The number of hydrogen-bond acceptors (Lipinski definition) is 5. The minimum Gasteiger partial charge on any atom is -0.449 e. The van der Waals surface area contributed by atoms with Crippen LogP contribution >= 0.6 is 0 Å². The summed E-state index contributed by atoms with van der Waals surface area (Å²) in [6, 6.07) is 3.37. The number of aliphatic imine (C=N–C) groups is 1. The zero-order valence-corrected chi connectivity index (χ0v) is 13.8. The predicted molar refractivity (Wildman–Crippen MR) is 87.3 cm³/mol. The molecule has 8 heteroatoms. The van der Waals surface area contributed by atoms with Crippen molar-refractivity contribution in [2.75, 3.05) is 0 Å². The molecule has 2 aromatic heterocycles. The molecule has 2 aromatic rings. The van der Waals surface area contributed by atoms with Gasteiger partial charge in [0.05, 0.1) is 11.0 Å². The monoisotopic (exact) mass is 330 g/mol. The van der Waals surface area contributed by atoms with E-state index in [0.717, 1.165) is 0 Å². The van der Waals surface area contributed by atoms with Crippen molar-refractivity contribution in [3.63, 3.8) is 0 Å². The first-order chi connectivity index (χ1) is 11.2. The van der Waals surface area contributed by atoms with Gasteiger partial charge in [0.25, 0.3) is 5.91 Å². The minimum atomic E-state index is -1.46. The molecule has 0 aromatic carbocycles. The van der Waals surface area contributed by atoms with Crippen LogP contribution in [0.5, 0.6) is 5.75 Å². The Hall–Kier alpha value is -2.90. The number of hydrogen-bond donors (Lipinski definition) is 2. The van der Waals surface area contributed by atoms with E-state index in [1.807, 2.05) is 20.9 Å². The second-order valence-electron chi connectivity index (χ2n) is 6.25. The first-order valence-electron chi connectivity index (χ1n) is 7.51. The topological polar surface area (TPSA) is 106 Å². The van der Waals surface area contributed by atoms with Crippen LogP contribution in [-0.4, -0.2) is 38.1 Å². The van der Waals surface area contributed by atoms with Crippen molar-refractivity contribution in [3.05, 3.63) is 24.0 Å². The lowest BCUT2D eigenvalue weighted by Crippen LogP contribution is -2.41. The first-order valence-corrected chi connectivity index (χ1v) is 7.51. The maximum atomic E-state index is 12.3. The SMILES string of the molecule is CC(C)C1(C)N=C(c2nc3ccn(C)c3cc2OC(=O)O)NC1=O. The lowest BCUT2D eigenvalue weighted by molar-refractivity contribution is -0.124. The molecule has 0 bridgehead atoms. The third-order valence-electron chi connectivity index (χ3n) is 4.41. The van der Waals surface area contributed by atoms with Gasteiger partial charge in [0, 0.05) is 19.3 Å². The van der Waals surface area contributed by atoms with E-state index < -0.39 is 11.7 Å². The molecule has 1 aliphatic heterocycles. The number of nitrogens with zero attached hydrogens (tertiary/aromatic N) is 3. The molecule has 0 saturated carbocycles. The van der Waals surface area contributed by atoms with Crippen molar-refractivity contribution in [1.29, 1.82) is 0 Å². The van der Waals surface area contributed by atoms with Gasteiger partial charge >= 0.3 is 6.16 Å². The Morgan fingerprint density at radius 2 is 2.17 bits per heavy atom. The van der Waals surface area contributed by atoms with Gasteiger partial charge in [0.15, 0.2) is 11.6 Å². The molecule has 0 aliphatic carbocycles. The third-order valence-corrected chi connectivity index (χ3v) is 4.41. The van der Waals surface area contributed by atoms with Gasteiger partial charge in [-0.2, -0.15) is 0 Å². The van der Waals surface area contributed by atoms with Crippen LogP contribution in [-0.2, 0) is 11.8 Å². The van der Waals surface area contributed by atoms with Crippen molar-refractivity contribution < 1.29 is 19.4 Å². The van der Waals surface area contributed by atoms with Gasteiger partial charge in [-0.15, -0.1) is 0 Å². The standard InChI is InChI=1S/C16H18N4O4/c1-8(2)16(3)14(21)18-13(19-16)12-11(24-15(22)23)7-10-9(17-12)5-6-20(10)4/h5-8H,1-4H3,(H,22,23)(H,18,19,21). The Balaban J connectivity index is 2.18. The van der Waals surface area contributed by atoms with Gasteiger partial charge in [-0.1, -0.05) is 13.8 Å². The first kappa shape index (κ1) is 16.0. The fourth-order valence-electron chi connectivity index (χ4n) is 2.56. The largest absolute Gasteiger partial charge is 0.511 e. The summed E-state index contributed by atoms with van der Waals surface area (Å²) < 4.78 is 6.66. The van der Waals surface area contributed by atoms with Crippen LogP contribution in [0.1, 0.15) is 26.5 Å². The molecule has 1 aliphatic rings. The van der Waals surface area contributed by atoms with Crippen molar-refractivity contribution >= 4 is 28.9 Å². The smallest absolute Gasteiger partial charge is 0.449 e. The number of pyridine rings is 1. The van der Waals surface area contributed by atoms with Crippen LogP contribution < -0.4 is 10.1 Å². The van der Waals surface area contributed by atoms with Gasteiger partial charge in [0.2, 0.25) is 0 Å². The number of ether oxygens (including phenoxy) is 1. The second-order valence-corrected chi connectivity index (χ2v) is 6.25. The Morgan fingerprint density at radius 3 is 2.75 bits per heavy atom. The number of nitrogens with one attached hydrogen (secondary N) is 1. The highest BCUT2D eigenvalue weighted by atomic mass is 16.7. The van der Waals surface area contributed by atoms with E-state index in [1.165, 1.54) is 0 Å². The van der Waals surface area contributed by atoms with E-state index in [9.17, 15) is 9.59 Å². The fraction of sp³-hybridized carbons (Fsp3) is 0.375. The van der Waals surface area contributed by atoms with Gasteiger partial charge in [-0.05, 0) is 18.9 Å². The van der Waals surface area contributed by atoms with Crippen LogP contribution in [0.2, 0.25) is 0 Å². The average molecular weight is 330 g/mol. The lowest BCUT2D eigenvalue weighted by Gasteiger charge is -2.21. The molecule has 1 unspecified atom stereocenters. The molecule has 0 spiro atoms. The summed E-state index contributed by atoms with van der Waals surface area (Å²) in [5.41, 5.74) is 0.643. The molecule has 3 rings (SSSR count). The van der Waals surface area contributed by atoms with E-state index in [-0.39, 0.29) is 29.1 Å². The number of fused-ring (bicyclic) bond motifs is 1. The normalized spacial score (nSPS) is 20.4. The number of rotatable bonds is 3. The maximum Gasteiger partial charge on any atom is 0.511 e. The molecule has 3 heterocycles. The summed E-state index contributed by atoms with van der Waals surface area (Å²) in [5.74, 6) is -0.0231. The summed E-state index contributed by atoms with van der Waals surface area (Å²) in [6.45, 7) is 5.53. The summed E-state index contributed by atoms with van der Waals surface area (Å²) in [5, 5.41) is 11.7. The van der Waals surface area contributed by atoms with Crippen LogP contribution in [0.4, 0.5) is 4.79 Å². The summed E-state index contributed by atoms with van der Waals surface area (Å²) in [4.78, 5) is 32.2. The maximum absolute atomic E-state index is 12.3. The second kappa shape index (κ2) is 5.33. The number of amidine groups is 1. The summed E-state index contributed by atoms with van der Waals surface area (Å²) in [6.07, 6.45) is 0.349. The summed E-state index contributed by atoms with van der Waals surface area (Å²) >= 11 is 0. The molecular weight excluding hydrogens is 312 g/mol. The van der Waals surface area contributed by atoms with Crippen molar-refractivity contribution in [2.24, 2.45) is 18.0 Å². The van der Waals surface area contributed by atoms with Crippen LogP contribution in [0.25, 0.3) is 11.0 Å². The molecule has 0 fully saturated rings. The van der Waals surface area contributed by atoms with E-state index >= 15 is 0 Å². The highest BCUT2D eigenvalue weighted by Crippen LogP contribution is 2.30. The Labute approximate surface area is 138 Å². The molecule has 24 heavy (non-hydrogen) atoms. The van der Waals surface area contributed by atoms with Gasteiger partial charge in [-0.25, -0.2) is 14.8 Å². The average Bonchev–Trinajstić information content (AvgIpc) is 3.00. The highest BCUT2D eigenvalue weighted by Gasteiger charge is 2.43. The molecule has 1 amide bonds. The van der Waals surface area contributed by atoms with E-state index in [1.54, 1.807) is 29.8 Å². The van der Waals surface area contributed by atoms with Crippen LogP contribution in [0.15, 0.2) is 23.3 Å². The number of amides is 1. The number of aryl methyl sites for hydroxylation is 1. The van der Waals surface area contributed by atoms with Crippen molar-refractivity contribution in [2.45, 2.75) is 26.3 Å². The van der Waals surface area contributed by atoms with E-state index in [2.05, 4.69) is 15.3 Å². The molecule has 8 nitrogen and oxygen atoms in total. The predicted octanol–water partition coefficient (Wildman–Crippen LogP) is 1.92. The van der Waals surface area contributed by atoms with Gasteiger partial charge in [-0.3, -0.25) is 4.79 Å². The zero-order chi connectivity index (χ0) is 17.6. The molecule has 0 radical (unpaired) electrons. The Kier molecular flexibility index (Phi) is 3.55. The molecule has 1 atom stereocenters. The minimum absolute atomic E-state index is 0.0284. The zero-order valence-electron chi connectivity index (χ0n) is 13.8. The number of carbonyl (C=O) groups is 2. The molecule has 0 saturated heterocycles. The Bertz CT molecular complexity index is 884. The quantitative estimate of drug-likeness (QED) is 0.836. The summed E-state index contributed by atoms with van der Waals surface area (Å²) in [7, 11) is 1.82. The van der Waals surface area contributed by atoms with Crippen LogP contribution in [0.3, 0.4) is 0 Å². The Morgan fingerprint density at radius 1 is 1.46 bits per heavy atom. The fourth-order valence-corrected chi connectivity index (χ4v) is 2.56. The van der Waals surface area contributed by atoms with Crippen LogP contribution in [0, 0.1) is 5.92 Å². The number of aromatic nitrogens is 2. The lowest BCUT2D eigenvalue weighted by atomic mass is 9.89. The highest BCUT2D eigenvalue weighted by molar-refractivity contribution is 6.16. The molecule has 2 N–H and O–H groups in total. The van der Waals surface area contributed by atoms with Crippen molar-refractivity contribution in [1.82, 2.24) is 14.9 Å². The van der Waals surface area contributed by atoms with Gasteiger partial charge < -0.3 is 19.7 Å².